The zero-order chi connectivity index (χ0) is 21.5. The average Bonchev–Trinajstić information content (AvgIpc) is 2.61. The Kier molecular flexibility index (Phi) is 16.1. The first kappa shape index (κ1) is 32.2. The Labute approximate surface area is 231 Å². The van der Waals surface area contributed by atoms with E-state index in [9.17, 15) is 27.2 Å². The maximum atomic E-state index is 13.6. The van der Waals surface area contributed by atoms with Gasteiger partial charge in [-0.15, -0.1) is 0 Å². The van der Waals surface area contributed by atoms with Gasteiger partial charge in [0.25, 0.3) is 5.91 Å². The number of halogens is 4. The van der Waals surface area contributed by atoms with Crippen LogP contribution >= 0.6 is 23.2 Å². The summed E-state index contributed by atoms with van der Waals surface area (Å²) in [5, 5.41) is 10.8. The number of carboxylic acid groups (broad SMARTS) is 1. The van der Waals surface area contributed by atoms with Gasteiger partial charge in [-0.1, -0.05) is 35.3 Å². The number of ether oxygens (including phenoxy) is 1. The minimum Gasteiger partial charge on any atom is -1.00 e. The standard InChI is InChI=1S/C16H18Cl2FNO7S.ClH.K/c1-28(25,26)10-4-2-9(3-5-10)14(27-13(23)7-6-12(21)22)11(8-19)20-16(24)15(17)18;;/h2-5,11,14-15H,6-8H2,1H3,(H,20,24)(H,21,22);1H;/q;;+1/p-1. The van der Waals surface area contributed by atoms with Crippen LogP contribution in [0.4, 0.5) is 4.39 Å². The molecule has 0 aliphatic rings. The number of sulfone groups is 1. The molecule has 0 aliphatic heterocycles. The molecule has 1 amide bonds. The summed E-state index contributed by atoms with van der Waals surface area (Å²) in [6, 6.07) is 3.65. The van der Waals surface area contributed by atoms with Crippen LogP contribution < -0.4 is 69.1 Å². The normalized spacial score (nSPS) is 12.7. The van der Waals surface area contributed by atoms with E-state index in [0.717, 1.165) is 6.26 Å². The van der Waals surface area contributed by atoms with Crippen molar-refractivity contribution in [2.24, 2.45) is 0 Å². The number of amides is 1. The van der Waals surface area contributed by atoms with Crippen LogP contribution in [-0.2, 0) is 29.0 Å². The Hall–Kier alpha value is 0.0164. The minimum absolute atomic E-state index is 0. The summed E-state index contributed by atoms with van der Waals surface area (Å²) < 4.78 is 41.8. The molecule has 0 radical (unpaired) electrons. The molecular weight excluding hydrogens is 515 g/mol. The molecule has 0 aliphatic carbocycles. The third kappa shape index (κ3) is 11.1. The van der Waals surface area contributed by atoms with E-state index < -0.39 is 64.2 Å². The Morgan fingerprint density at radius 2 is 1.70 bits per heavy atom. The molecule has 1 aromatic rings. The van der Waals surface area contributed by atoms with E-state index in [1.165, 1.54) is 24.3 Å². The molecule has 14 heteroatoms. The van der Waals surface area contributed by atoms with Crippen LogP contribution in [0.1, 0.15) is 24.5 Å². The van der Waals surface area contributed by atoms with Crippen molar-refractivity contribution >= 4 is 50.9 Å². The van der Waals surface area contributed by atoms with Crippen LogP contribution in [0.5, 0.6) is 0 Å². The first-order valence-electron chi connectivity index (χ1n) is 7.81. The van der Waals surface area contributed by atoms with Crippen molar-refractivity contribution in [3.05, 3.63) is 29.8 Å². The molecular formula is C16H18Cl3FKNO7S. The Morgan fingerprint density at radius 3 is 2.10 bits per heavy atom. The van der Waals surface area contributed by atoms with Gasteiger partial charge in [0.2, 0.25) is 0 Å². The van der Waals surface area contributed by atoms with Crippen LogP contribution in [0, 0.1) is 0 Å². The smallest absolute Gasteiger partial charge is 1.00 e. The predicted molar refractivity (Wildman–Crippen MR) is 98.7 cm³/mol. The molecule has 2 unspecified atom stereocenters. The van der Waals surface area contributed by atoms with Gasteiger partial charge in [0.15, 0.2) is 14.7 Å². The predicted octanol–water partition coefficient (Wildman–Crippen LogP) is -4.19. The maximum Gasteiger partial charge on any atom is 1.00 e. The molecule has 0 bridgehead atoms. The van der Waals surface area contributed by atoms with Crippen molar-refractivity contribution in [1.29, 1.82) is 0 Å². The molecule has 2 N–H and O–H groups in total. The second-order valence-corrected chi connectivity index (χ2v) is 8.83. The van der Waals surface area contributed by atoms with Gasteiger partial charge < -0.3 is 27.6 Å². The van der Waals surface area contributed by atoms with Gasteiger partial charge in [0.05, 0.1) is 23.8 Å². The molecule has 1 rings (SSSR count). The molecule has 0 aromatic heterocycles. The summed E-state index contributed by atoms with van der Waals surface area (Å²) in [6.07, 6.45) is -1.35. The number of alkyl halides is 3. The number of rotatable bonds is 10. The van der Waals surface area contributed by atoms with Gasteiger partial charge in [-0.25, -0.2) is 12.8 Å². The Morgan fingerprint density at radius 1 is 1.17 bits per heavy atom. The van der Waals surface area contributed by atoms with Crippen molar-refractivity contribution in [3.8, 4) is 0 Å². The van der Waals surface area contributed by atoms with E-state index in [2.05, 4.69) is 5.32 Å². The number of benzene rings is 1. The fraction of sp³-hybridized carbons (Fsp3) is 0.438. The first-order chi connectivity index (χ1) is 13.0. The maximum absolute atomic E-state index is 13.6. The number of nitrogens with one attached hydrogen (secondary N) is 1. The number of carbonyl (C=O) groups excluding carboxylic acids is 2. The SMILES string of the molecule is CS(=O)(=O)c1ccc(C(OC(=O)CCC(=O)O)C(CF)NC(=O)C(Cl)Cl)cc1.[Cl-].[K+]. The summed E-state index contributed by atoms with van der Waals surface area (Å²) in [4.78, 5) is 32.7. The number of carboxylic acids is 1. The monoisotopic (exact) mass is 531 g/mol. The van der Waals surface area contributed by atoms with Gasteiger partial charge in [0.1, 0.15) is 12.8 Å². The molecule has 0 saturated carbocycles. The van der Waals surface area contributed by atoms with E-state index in [1.54, 1.807) is 0 Å². The quantitative estimate of drug-likeness (QED) is 0.178. The zero-order valence-corrected chi connectivity index (χ0v) is 22.2. The minimum atomic E-state index is -3.49. The van der Waals surface area contributed by atoms with Gasteiger partial charge in [-0.3, -0.25) is 14.4 Å². The summed E-state index contributed by atoms with van der Waals surface area (Å²) in [7, 11) is -3.49. The third-order valence-electron chi connectivity index (χ3n) is 3.50. The molecule has 1 aromatic carbocycles. The fourth-order valence-corrected chi connectivity index (χ4v) is 2.89. The van der Waals surface area contributed by atoms with Crippen molar-refractivity contribution in [3.63, 3.8) is 0 Å². The van der Waals surface area contributed by atoms with Gasteiger partial charge >= 0.3 is 63.3 Å². The molecule has 2 atom stereocenters. The molecule has 30 heavy (non-hydrogen) atoms. The molecule has 0 fully saturated rings. The fourth-order valence-electron chi connectivity index (χ4n) is 2.14. The van der Waals surface area contributed by atoms with Crippen molar-refractivity contribution in [2.45, 2.75) is 34.7 Å². The largest absolute Gasteiger partial charge is 1.00 e. The summed E-state index contributed by atoms with van der Waals surface area (Å²) >= 11 is 10.9. The van der Waals surface area contributed by atoms with Crippen LogP contribution in [0.15, 0.2) is 29.2 Å². The Balaban J connectivity index is 0. The average molecular weight is 533 g/mol. The number of hydrogen-bond acceptors (Lipinski definition) is 6. The van der Waals surface area contributed by atoms with Crippen LogP contribution in [-0.4, -0.2) is 55.2 Å². The molecule has 0 spiro atoms. The molecule has 8 nitrogen and oxygen atoms in total. The molecule has 164 valence electrons. The van der Waals surface area contributed by atoms with E-state index in [4.69, 9.17) is 33.0 Å². The van der Waals surface area contributed by atoms with Crippen molar-refractivity contribution in [1.82, 2.24) is 5.32 Å². The zero-order valence-electron chi connectivity index (χ0n) is 16.0. The first-order valence-corrected chi connectivity index (χ1v) is 10.6. The third-order valence-corrected chi connectivity index (χ3v) is 5.02. The number of hydrogen-bond donors (Lipinski definition) is 2. The second kappa shape index (κ2) is 15.0. The number of carbonyl (C=O) groups is 3. The van der Waals surface area contributed by atoms with Gasteiger partial charge in [0, 0.05) is 6.26 Å². The van der Waals surface area contributed by atoms with Gasteiger partial charge in [-0.2, -0.15) is 0 Å². The van der Waals surface area contributed by atoms with E-state index in [1.807, 2.05) is 0 Å². The summed E-state index contributed by atoms with van der Waals surface area (Å²) in [5.41, 5.74) is 0.180. The van der Waals surface area contributed by atoms with E-state index >= 15 is 0 Å². The summed E-state index contributed by atoms with van der Waals surface area (Å²) in [5.74, 6) is -3.10. The molecule has 0 saturated heterocycles. The van der Waals surface area contributed by atoms with Crippen LogP contribution in [0.3, 0.4) is 0 Å². The number of esters is 1. The Bertz CT molecular complexity index is 825. The van der Waals surface area contributed by atoms with Crippen molar-refractivity contribution < 1.29 is 101 Å². The van der Waals surface area contributed by atoms with Crippen LogP contribution in [0.25, 0.3) is 0 Å². The molecule has 0 heterocycles. The number of aliphatic carboxylic acids is 1. The topological polar surface area (TPSA) is 127 Å². The van der Waals surface area contributed by atoms with Gasteiger partial charge in [-0.05, 0) is 17.7 Å². The van der Waals surface area contributed by atoms with E-state index in [0.29, 0.717) is 0 Å². The summed E-state index contributed by atoms with van der Waals surface area (Å²) in [6.45, 7) is -1.17. The van der Waals surface area contributed by atoms with E-state index in [-0.39, 0.29) is 74.3 Å². The van der Waals surface area contributed by atoms with Crippen molar-refractivity contribution in [2.75, 3.05) is 12.9 Å². The second-order valence-electron chi connectivity index (χ2n) is 5.72. The van der Waals surface area contributed by atoms with Crippen LogP contribution in [0.2, 0.25) is 0 Å².